The van der Waals surface area contributed by atoms with Crippen molar-refractivity contribution in [2.45, 2.75) is 25.2 Å². The molecule has 21 heavy (non-hydrogen) atoms. The van der Waals surface area contributed by atoms with Gasteiger partial charge in [0.05, 0.1) is 13.4 Å². The van der Waals surface area contributed by atoms with Gasteiger partial charge in [-0.25, -0.2) is 0 Å². The van der Waals surface area contributed by atoms with E-state index in [1.807, 2.05) is 42.5 Å². The van der Waals surface area contributed by atoms with Gasteiger partial charge in [0.15, 0.2) is 5.78 Å². The SMILES string of the molecule is COc1cccc(/C=C2/CCC(c3ccco3)CC2=O)c1. The molecule has 0 saturated heterocycles. The molecule has 1 aliphatic carbocycles. The average molecular weight is 282 g/mol. The smallest absolute Gasteiger partial charge is 0.159 e. The number of allylic oxidation sites excluding steroid dienone is 1. The number of furan rings is 1. The molecule has 1 heterocycles. The molecule has 0 bridgehead atoms. The van der Waals surface area contributed by atoms with Crippen molar-refractivity contribution in [2.24, 2.45) is 0 Å². The molecule has 2 aromatic rings. The molecular weight excluding hydrogens is 264 g/mol. The maximum absolute atomic E-state index is 12.3. The minimum Gasteiger partial charge on any atom is -0.497 e. The molecule has 0 radical (unpaired) electrons. The Bertz CT molecular complexity index is 653. The molecule has 1 atom stereocenters. The third-order valence-electron chi connectivity index (χ3n) is 3.93. The number of rotatable bonds is 3. The van der Waals surface area contributed by atoms with E-state index in [2.05, 4.69) is 0 Å². The Kier molecular flexibility index (Phi) is 3.91. The van der Waals surface area contributed by atoms with Crippen molar-refractivity contribution >= 4 is 11.9 Å². The van der Waals surface area contributed by atoms with Crippen LogP contribution in [0.4, 0.5) is 0 Å². The van der Waals surface area contributed by atoms with Gasteiger partial charge in [0.1, 0.15) is 11.5 Å². The first kappa shape index (κ1) is 13.7. The fraction of sp³-hybridized carbons (Fsp3) is 0.278. The van der Waals surface area contributed by atoms with Crippen LogP contribution in [0.25, 0.3) is 6.08 Å². The quantitative estimate of drug-likeness (QED) is 0.792. The average Bonchev–Trinajstić information content (AvgIpc) is 3.04. The molecule has 1 aromatic carbocycles. The number of ketones is 1. The summed E-state index contributed by atoms with van der Waals surface area (Å²) in [7, 11) is 1.64. The number of benzene rings is 1. The summed E-state index contributed by atoms with van der Waals surface area (Å²) in [6, 6.07) is 11.6. The zero-order valence-corrected chi connectivity index (χ0v) is 12.0. The van der Waals surface area contributed by atoms with Crippen LogP contribution in [0.2, 0.25) is 0 Å². The summed E-state index contributed by atoms with van der Waals surface area (Å²) in [5.74, 6) is 2.16. The van der Waals surface area contributed by atoms with Gasteiger partial charge in [0.25, 0.3) is 0 Å². The molecule has 108 valence electrons. The van der Waals surface area contributed by atoms with Gasteiger partial charge in [-0.2, -0.15) is 0 Å². The largest absolute Gasteiger partial charge is 0.497 e. The van der Waals surface area contributed by atoms with E-state index < -0.39 is 0 Å². The summed E-state index contributed by atoms with van der Waals surface area (Å²) >= 11 is 0. The number of methoxy groups -OCH3 is 1. The van der Waals surface area contributed by atoms with Crippen LogP contribution in [0.1, 0.15) is 36.5 Å². The Morgan fingerprint density at radius 3 is 2.90 bits per heavy atom. The van der Waals surface area contributed by atoms with Gasteiger partial charge in [-0.1, -0.05) is 12.1 Å². The molecule has 1 fully saturated rings. The number of hydrogen-bond donors (Lipinski definition) is 0. The van der Waals surface area contributed by atoms with E-state index in [9.17, 15) is 4.79 Å². The number of ether oxygens (including phenoxy) is 1. The maximum Gasteiger partial charge on any atom is 0.159 e. The van der Waals surface area contributed by atoms with E-state index in [1.165, 1.54) is 0 Å². The van der Waals surface area contributed by atoms with Crippen molar-refractivity contribution in [3.05, 3.63) is 59.6 Å². The summed E-state index contributed by atoms with van der Waals surface area (Å²) in [6.07, 6.45) is 5.92. The molecule has 0 amide bonds. The third kappa shape index (κ3) is 3.07. The van der Waals surface area contributed by atoms with Gasteiger partial charge in [0, 0.05) is 12.3 Å². The zero-order valence-electron chi connectivity index (χ0n) is 12.0. The van der Waals surface area contributed by atoms with Crippen LogP contribution >= 0.6 is 0 Å². The Morgan fingerprint density at radius 2 is 2.19 bits per heavy atom. The van der Waals surface area contributed by atoms with Crippen molar-refractivity contribution in [2.75, 3.05) is 7.11 Å². The Morgan fingerprint density at radius 1 is 1.29 bits per heavy atom. The summed E-state index contributed by atoms with van der Waals surface area (Å²) < 4.78 is 10.6. The van der Waals surface area contributed by atoms with Gasteiger partial charge in [-0.05, 0) is 54.3 Å². The first-order valence-corrected chi connectivity index (χ1v) is 7.17. The van der Waals surface area contributed by atoms with Crippen LogP contribution < -0.4 is 4.74 Å². The second kappa shape index (κ2) is 6.00. The number of carbonyl (C=O) groups is 1. The second-order valence-electron chi connectivity index (χ2n) is 5.32. The normalized spacial score (nSPS) is 20.7. The molecule has 0 N–H and O–H groups in total. The molecule has 0 spiro atoms. The Labute approximate surface area is 124 Å². The van der Waals surface area contributed by atoms with Crippen LogP contribution in [0, 0.1) is 0 Å². The van der Waals surface area contributed by atoms with E-state index in [4.69, 9.17) is 9.15 Å². The fourth-order valence-corrected chi connectivity index (χ4v) is 2.78. The first-order valence-electron chi connectivity index (χ1n) is 7.17. The molecule has 1 saturated carbocycles. The molecule has 0 aliphatic heterocycles. The summed E-state index contributed by atoms with van der Waals surface area (Å²) in [5, 5.41) is 0. The minimum atomic E-state index is 0.213. The third-order valence-corrected chi connectivity index (χ3v) is 3.93. The predicted octanol–water partition coefficient (Wildman–Crippen LogP) is 4.21. The second-order valence-corrected chi connectivity index (χ2v) is 5.32. The van der Waals surface area contributed by atoms with Crippen LogP contribution in [0.5, 0.6) is 5.75 Å². The fourth-order valence-electron chi connectivity index (χ4n) is 2.78. The lowest BCUT2D eigenvalue weighted by atomic mass is 9.83. The predicted molar refractivity (Wildman–Crippen MR) is 81.3 cm³/mol. The Balaban J connectivity index is 1.75. The molecule has 3 heteroatoms. The zero-order chi connectivity index (χ0) is 14.7. The van der Waals surface area contributed by atoms with Crippen LogP contribution in [0.15, 0.2) is 52.7 Å². The lowest BCUT2D eigenvalue weighted by molar-refractivity contribution is -0.116. The van der Waals surface area contributed by atoms with E-state index in [0.717, 1.165) is 35.5 Å². The van der Waals surface area contributed by atoms with Gasteiger partial charge < -0.3 is 9.15 Å². The minimum absolute atomic E-state index is 0.213. The number of carbonyl (C=O) groups excluding carboxylic acids is 1. The summed E-state index contributed by atoms with van der Waals surface area (Å²) in [6.45, 7) is 0. The highest BCUT2D eigenvalue weighted by Crippen LogP contribution is 2.34. The molecule has 1 aromatic heterocycles. The molecule has 1 aliphatic rings. The van der Waals surface area contributed by atoms with Crippen molar-refractivity contribution in [3.63, 3.8) is 0 Å². The summed E-state index contributed by atoms with van der Waals surface area (Å²) in [5.41, 5.74) is 1.90. The van der Waals surface area contributed by atoms with E-state index in [0.29, 0.717) is 6.42 Å². The van der Waals surface area contributed by atoms with Crippen molar-refractivity contribution in [1.82, 2.24) is 0 Å². The Hall–Kier alpha value is -2.29. The lowest BCUT2D eigenvalue weighted by Crippen LogP contribution is -2.15. The highest BCUT2D eigenvalue weighted by atomic mass is 16.5. The standard InChI is InChI=1S/C18H18O3/c1-20-16-5-2-4-13(11-16)10-14-7-8-15(12-17(14)19)18-6-3-9-21-18/h2-6,9-11,15H,7-8,12H2,1H3/b14-10-. The monoisotopic (exact) mass is 282 g/mol. The highest BCUT2D eigenvalue weighted by molar-refractivity contribution is 6.00. The van der Waals surface area contributed by atoms with E-state index in [1.54, 1.807) is 13.4 Å². The lowest BCUT2D eigenvalue weighted by Gasteiger charge is -2.21. The maximum atomic E-state index is 12.3. The topological polar surface area (TPSA) is 39.4 Å². The molecule has 1 unspecified atom stereocenters. The summed E-state index contributed by atoms with van der Waals surface area (Å²) in [4.78, 5) is 12.3. The molecule has 3 nitrogen and oxygen atoms in total. The van der Waals surface area contributed by atoms with Crippen LogP contribution in [-0.4, -0.2) is 12.9 Å². The van der Waals surface area contributed by atoms with Crippen molar-refractivity contribution < 1.29 is 13.9 Å². The first-order chi connectivity index (χ1) is 10.3. The van der Waals surface area contributed by atoms with Gasteiger partial charge in [-0.15, -0.1) is 0 Å². The number of Topliss-reactive ketones (excluding diaryl/α,β-unsaturated/α-hetero) is 1. The number of hydrogen-bond acceptors (Lipinski definition) is 3. The van der Waals surface area contributed by atoms with E-state index >= 15 is 0 Å². The molecule has 3 rings (SSSR count). The van der Waals surface area contributed by atoms with Gasteiger partial charge in [-0.3, -0.25) is 4.79 Å². The van der Waals surface area contributed by atoms with Crippen molar-refractivity contribution in [1.29, 1.82) is 0 Å². The van der Waals surface area contributed by atoms with Gasteiger partial charge >= 0.3 is 0 Å². The van der Waals surface area contributed by atoms with Crippen LogP contribution in [0.3, 0.4) is 0 Å². The van der Waals surface area contributed by atoms with Crippen molar-refractivity contribution in [3.8, 4) is 5.75 Å². The van der Waals surface area contributed by atoms with Gasteiger partial charge in [0.2, 0.25) is 0 Å². The molecular formula is C18H18O3. The highest BCUT2D eigenvalue weighted by Gasteiger charge is 2.26. The van der Waals surface area contributed by atoms with E-state index in [-0.39, 0.29) is 11.7 Å². The van der Waals surface area contributed by atoms with Crippen LogP contribution in [-0.2, 0) is 4.79 Å².